The number of allylic oxidation sites excluding steroid dienone is 3. The molecule has 1 aliphatic carbocycles. The first kappa shape index (κ1) is 20.4. The summed E-state index contributed by atoms with van der Waals surface area (Å²) in [6.07, 6.45) is 7.95. The van der Waals surface area contributed by atoms with Crippen molar-refractivity contribution in [3.8, 4) is 0 Å². The third-order valence-corrected chi connectivity index (χ3v) is 4.48. The smallest absolute Gasteiger partial charge is 0.228 e. The first-order valence-electron chi connectivity index (χ1n) is 8.91. The first-order valence-corrected chi connectivity index (χ1v) is 8.91. The van der Waals surface area contributed by atoms with Gasteiger partial charge in [-0.2, -0.15) is 0 Å². The van der Waals surface area contributed by atoms with E-state index in [1.807, 2.05) is 0 Å². The lowest BCUT2D eigenvalue weighted by molar-refractivity contribution is -0.123. The van der Waals surface area contributed by atoms with Crippen LogP contribution >= 0.6 is 0 Å². The molecule has 1 saturated carbocycles. The van der Waals surface area contributed by atoms with Crippen molar-refractivity contribution in [2.24, 2.45) is 5.92 Å². The summed E-state index contributed by atoms with van der Waals surface area (Å²) < 4.78 is 5.19. The topological polar surface area (TPSA) is 93.2 Å². The van der Waals surface area contributed by atoms with Gasteiger partial charge in [0.05, 0.1) is 12.8 Å². The molecule has 27 heavy (non-hydrogen) atoms. The molecule has 1 aliphatic rings. The normalized spacial score (nSPS) is 19.7. The summed E-state index contributed by atoms with van der Waals surface area (Å²) >= 11 is 0. The molecule has 0 aromatic carbocycles. The van der Waals surface area contributed by atoms with Gasteiger partial charge in [-0.3, -0.25) is 9.59 Å². The van der Waals surface area contributed by atoms with Crippen LogP contribution in [0.2, 0.25) is 0 Å². The van der Waals surface area contributed by atoms with Gasteiger partial charge in [0.15, 0.2) is 0 Å². The van der Waals surface area contributed by atoms with Gasteiger partial charge in [0, 0.05) is 30.5 Å². The number of amides is 2. The number of ether oxygens (including phenoxy) is 1. The summed E-state index contributed by atoms with van der Waals surface area (Å²) in [6.45, 7) is 9.02. The van der Waals surface area contributed by atoms with Crippen molar-refractivity contribution in [3.63, 3.8) is 0 Å². The van der Waals surface area contributed by atoms with Crippen LogP contribution in [0.15, 0.2) is 43.5 Å². The minimum atomic E-state index is -0.161. The second-order valence-corrected chi connectivity index (χ2v) is 6.48. The number of anilines is 1. The summed E-state index contributed by atoms with van der Waals surface area (Å²) in [5.41, 5.74) is 1.24. The molecule has 2 unspecified atom stereocenters. The molecule has 144 valence electrons. The van der Waals surface area contributed by atoms with Crippen LogP contribution in [0.1, 0.15) is 38.3 Å². The zero-order valence-corrected chi connectivity index (χ0v) is 15.8. The van der Waals surface area contributed by atoms with Gasteiger partial charge in [0.1, 0.15) is 17.9 Å². The third-order valence-electron chi connectivity index (χ3n) is 4.48. The minimum Gasteiger partial charge on any atom is -0.497 e. The Bertz CT molecular complexity index is 757. The summed E-state index contributed by atoms with van der Waals surface area (Å²) in [4.78, 5) is 32.3. The van der Waals surface area contributed by atoms with Crippen LogP contribution in [0.5, 0.6) is 0 Å². The van der Waals surface area contributed by atoms with Gasteiger partial charge in [-0.05, 0) is 25.3 Å². The highest BCUT2D eigenvalue weighted by atomic mass is 16.5. The molecular weight excluding hydrogens is 344 g/mol. The maximum atomic E-state index is 12.6. The summed E-state index contributed by atoms with van der Waals surface area (Å²) in [6, 6.07) is 1.71. The van der Waals surface area contributed by atoms with Crippen LogP contribution in [0, 0.1) is 5.92 Å². The minimum absolute atomic E-state index is 0.0418. The van der Waals surface area contributed by atoms with E-state index in [0.717, 1.165) is 19.3 Å². The lowest BCUT2D eigenvalue weighted by Crippen LogP contribution is -2.40. The summed E-state index contributed by atoms with van der Waals surface area (Å²) in [5, 5.41) is 5.76. The number of aromatic nitrogens is 2. The maximum Gasteiger partial charge on any atom is 0.228 e. The number of nitrogens with one attached hydrogen (secondary N) is 2. The Morgan fingerprint density at radius 1 is 1.33 bits per heavy atom. The predicted octanol–water partition coefficient (Wildman–Crippen LogP) is 2.84. The second kappa shape index (κ2) is 9.66. The monoisotopic (exact) mass is 370 g/mol. The van der Waals surface area contributed by atoms with Crippen LogP contribution in [-0.4, -0.2) is 34.9 Å². The Kier molecular flexibility index (Phi) is 7.28. The van der Waals surface area contributed by atoms with Gasteiger partial charge in [0.25, 0.3) is 0 Å². The molecule has 7 nitrogen and oxygen atoms in total. The number of rotatable bonds is 7. The molecule has 2 amide bonds. The Balaban J connectivity index is 2.10. The Labute approximate surface area is 159 Å². The largest absolute Gasteiger partial charge is 0.497 e. The zero-order valence-electron chi connectivity index (χ0n) is 15.8. The van der Waals surface area contributed by atoms with Crippen LogP contribution in [0.25, 0.3) is 5.57 Å². The number of hydrogen-bond donors (Lipinski definition) is 2. The number of methoxy groups -OCH3 is 1. The van der Waals surface area contributed by atoms with E-state index >= 15 is 0 Å². The van der Waals surface area contributed by atoms with Gasteiger partial charge in [0.2, 0.25) is 11.8 Å². The average Bonchev–Trinajstić information content (AvgIpc) is 2.65. The van der Waals surface area contributed by atoms with E-state index < -0.39 is 0 Å². The molecular formula is C20H26N4O3. The highest BCUT2D eigenvalue weighted by Gasteiger charge is 2.28. The van der Waals surface area contributed by atoms with Crippen LogP contribution in [0.4, 0.5) is 5.82 Å². The van der Waals surface area contributed by atoms with E-state index in [9.17, 15) is 9.59 Å². The second-order valence-electron chi connectivity index (χ2n) is 6.48. The lowest BCUT2D eigenvalue weighted by Gasteiger charge is -2.28. The van der Waals surface area contributed by atoms with Gasteiger partial charge in [-0.25, -0.2) is 9.97 Å². The molecule has 1 heterocycles. The van der Waals surface area contributed by atoms with Crippen molar-refractivity contribution in [1.82, 2.24) is 15.3 Å². The Morgan fingerprint density at radius 3 is 2.78 bits per heavy atom. The van der Waals surface area contributed by atoms with Gasteiger partial charge in [-0.1, -0.05) is 25.7 Å². The molecule has 7 heteroatoms. The molecule has 2 atom stereocenters. The molecule has 0 aliphatic heterocycles. The van der Waals surface area contributed by atoms with Gasteiger partial charge < -0.3 is 15.4 Å². The molecule has 2 N–H and O–H groups in total. The van der Waals surface area contributed by atoms with Crippen molar-refractivity contribution in [1.29, 1.82) is 0 Å². The average molecular weight is 370 g/mol. The van der Waals surface area contributed by atoms with Crippen molar-refractivity contribution >= 4 is 23.2 Å². The van der Waals surface area contributed by atoms with E-state index in [0.29, 0.717) is 29.3 Å². The third kappa shape index (κ3) is 5.77. The van der Waals surface area contributed by atoms with E-state index in [1.54, 1.807) is 18.2 Å². The Hall–Kier alpha value is -2.96. The molecule has 2 rings (SSSR count). The number of nitrogens with zero attached hydrogens (tertiary/aromatic N) is 2. The molecule has 0 radical (unpaired) electrons. The molecule has 0 saturated heterocycles. The number of carbonyl (C=O) groups is 2. The van der Waals surface area contributed by atoms with E-state index in [-0.39, 0.29) is 23.8 Å². The standard InChI is InChI=1S/C20H26N4O3/c1-5-7-17(13(2)27-4)18-11-19(22-12-21-18)24-20(26)15-8-6-9-16(10-15)23-14(3)25/h5,7,11-12,15-16H,1-2,6,8-10H2,3-4H3,(H,23,25)(H,21,22,24,26)/b17-7+. The van der Waals surface area contributed by atoms with Crippen molar-refractivity contribution in [2.75, 3.05) is 12.4 Å². The Morgan fingerprint density at radius 2 is 2.11 bits per heavy atom. The fourth-order valence-electron chi connectivity index (χ4n) is 3.20. The predicted molar refractivity (Wildman–Crippen MR) is 105 cm³/mol. The van der Waals surface area contributed by atoms with E-state index in [4.69, 9.17) is 4.74 Å². The highest BCUT2D eigenvalue weighted by Crippen LogP contribution is 2.26. The molecule has 1 fully saturated rings. The van der Waals surface area contributed by atoms with Crippen LogP contribution in [-0.2, 0) is 14.3 Å². The molecule has 1 aromatic rings. The molecule has 0 bridgehead atoms. The quantitative estimate of drug-likeness (QED) is 0.569. The van der Waals surface area contributed by atoms with E-state index in [2.05, 4.69) is 33.8 Å². The van der Waals surface area contributed by atoms with Crippen LogP contribution < -0.4 is 10.6 Å². The van der Waals surface area contributed by atoms with E-state index in [1.165, 1.54) is 20.4 Å². The number of hydrogen-bond acceptors (Lipinski definition) is 5. The molecule has 1 aromatic heterocycles. The lowest BCUT2D eigenvalue weighted by atomic mass is 9.85. The van der Waals surface area contributed by atoms with Crippen molar-refractivity contribution in [2.45, 2.75) is 38.6 Å². The summed E-state index contributed by atoms with van der Waals surface area (Å²) in [5.74, 6) is 0.517. The summed E-state index contributed by atoms with van der Waals surface area (Å²) in [7, 11) is 1.53. The van der Waals surface area contributed by atoms with Crippen molar-refractivity contribution in [3.05, 3.63) is 49.2 Å². The highest BCUT2D eigenvalue weighted by molar-refractivity contribution is 5.92. The van der Waals surface area contributed by atoms with Crippen LogP contribution in [0.3, 0.4) is 0 Å². The fraction of sp³-hybridized carbons (Fsp3) is 0.400. The molecule has 0 spiro atoms. The van der Waals surface area contributed by atoms with Gasteiger partial charge in [-0.15, -0.1) is 0 Å². The SMILES string of the molecule is C=C/C=C(\C(=C)OC)c1cc(NC(=O)C2CCCC(NC(C)=O)C2)ncn1. The number of carbonyl (C=O) groups excluding carboxylic acids is 2. The first-order chi connectivity index (χ1) is 12.9. The zero-order chi connectivity index (χ0) is 19.8. The maximum absolute atomic E-state index is 12.6. The van der Waals surface area contributed by atoms with Gasteiger partial charge >= 0.3 is 0 Å². The fourth-order valence-corrected chi connectivity index (χ4v) is 3.20. The van der Waals surface area contributed by atoms with Crippen molar-refractivity contribution < 1.29 is 14.3 Å².